The molecule has 2 fully saturated rings. The van der Waals surface area contributed by atoms with Gasteiger partial charge in [0, 0.05) is 32.2 Å². The maximum atomic E-state index is 13.9. The van der Waals surface area contributed by atoms with Gasteiger partial charge < -0.3 is 14.4 Å². The molecular formula is C25H33F2N5O6S. The maximum absolute atomic E-state index is 13.9. The van der Waals surface area contributed by atoms with E-state index in [0.29, 0.717) is 11.8 Å². The number of halogens is 2. The van der Waals surface area contributed by atoms with E-state index in [-0.39, 0.29) is 43.7 Å². The molecule has 1 saturated heterocycles. The third kappa shape index (κ3) is 7.24. The molecule has 14 heteroatoms. The first-order chi connectivity index (χ1) is 18.3. The summed E-state index contributed by atoms with van der Waals surface area (Å²) >= 11 is 0. The van der Waals surface area contributed by atoms with Gasteiger partial charge in [0.15, 0.2) is 0 Å². The summed E-state index contributed by atoms with van der Waals surface area (Å²) < 4.78 is 68.3. The highest BCUT2D eigenvalue weighted by Crippen LogP contribution is 2.30. The zero-order valence-corrected chi connectivity index (χ0v) is 23.0. The largest absolute Gasteiger partial charge is 0.483 e. The molecule has 2 aliphatic rings. The van der Waals surface area contributed by atoms with Gasteiger partial charge in [0.25, 0.3) is 0 Å². The molecule has 11 nitrogen and oxygen atoms in total. The number of benzene rings is 1. The number of carbonyl (C=O) groups is 1. The third-order valence-electron chi connectivity index (χ3n) is 6.37. The van der Waals surface area contributed by atoms with Crippen LogP contribution in [0, 0.1) is 11.6 Å². The number of carbonyl (C=O) groups excluding carboxylic acids is 1. The normalized spacial score (nSPS) is 17.6. The van der Waals surface area contributed by atoms with Gasteiger partial charge in [-0.15, -0.1) is 0 Å². The van der Waals surface area contributed by atoms with Crippen LogP contribution in [0.15, 0.2) is 29.2 Å². The van der Waals surface area contributed by atoms with Gasteiger partial charge in [0.1, 0.15) is 22.9 Å². The minimum Gasteiger partial charge on any atom is -0.483 e. The minimum absolute atomic E-state index is 0.00948. The van der Waals surface area contributed by atoms with Crippen LogP contribution in [-0.2, 0) is 14.9 Å². The van der Waals surface area contributed by atoms with Crippen molar-refractivity contribution in [3.63, 3.8) is 0 Å². The van der Waals surface area contributed by atoms with Crippen molar-refractivity contribution in [2.24, 2.45) is 0 Å². The van der Waals surface area contributed by atoms with Crippen molar-refractivity contribution in [2.45, 2.75) is 64.6 Å². The Morgan fingerprint density at radius 1 is 1.03 bits per heavy atom. The topological polar surface area (TPSA) is 123 Å². The number of aromatic nitrogens is 2. The number of hydrogen-bond donors (Lipinski definition) is 1. The zero-order valence-electron chi connectivity index (χ0n) is 22.2. The van der Waals surface area contributed by atoms with Crippen LogP contribution in [0.4, 0.5) is 19.3 Å². The fourth-order valence-electron chi connectivity index (χ4n) is 4.60. The second kappa shape index (κ2) is 11.5. The Balaban J connectivity index is 1.57. The van der Waals surface area contributed by atoms with E-state index in [1.807, 2.05) is 4.72 Å². The van der Waals surface area contributed by atoms with Crippen molar-refractivity contribution < 1.29 is 31.5 Å². The Morgan fingerprint density at radius 3 is 2.23 bits per heavy atom. The van der Waals surface area contributed by atoms with Crippen molar-refractivity contribution in [1.82, 2.24) is 18.8 Å². The number of nitrogens with zero attached hydrogens (tertiary/aromatic N) is 4. The van der Waals surface area contributed by atoms with Gasteiger partial charge in [0.2, 0.25) is 5.75 Å². The predicted octanol–water partition coefficient (Wildman–Crippen LogP) is 3.11. The molecular weight excluding hydrogens is 536 g/mol. The minimum atomic E-state index is -4.15. The molecule has 0 unspecified atom stereocenters. The maximum Gasteiger partial charge on any atom is 0.422 e. The molecule has 4 rings (SSSR count). The first-order valence-electron chi connectivity index (χ1n) is 12.8. The fourth-order valence-corrected chi connectivity index (χ4v) is 5.62. The molecule has 1 saturated carbocycles. The molecule has 1 aliphatic carbocycles. The third-order valence-corrected chi connectivity index (χ3v) is 7.84. The first-order valence-corrected chi connectivity index (χ1v) is 14.3. The summed E-state index contributed by atoms with van der Waals surface area (Å²) in [6.07, 6.45) is 4.61. The summed E-state index contributed by atoms with van der Waals surface area (Å²) in [6.45, 7) is 5.25. The van der Waals surface area contributed by atoms with Gasteiger partial charge in [-0.3, -0.25) is 4.79 Å². The lowest BCUT2D eigenvalue weighted by Gasteiger charge is -2.36. The van der Waals surface area contributed by atoms with Crippen LogP contribution in [0.1, 0.15) is 52.9 Å². The lowest BCUT2D eigenvalue weighted by atomic mass is 9.98. The molecule has 0 atom stereocenters. The SMILES string of the molecule is CC(C)(C)OC(=O)NS(=O)(=O)N1CCN(c2cnn(-c3cc(F)cc(F)c3)c(=O)c2OC2CCCCC2)CC1. The molecule has 0 spiro atoms. The first kappa shape index (κ1) is 28.7. The van der Waals surface area contributed by atoms with Gasteiger partial charge in [-0.25, -0.2) is 18.3 Å². The Morgan fingerprint density at radius 2 is 1.64 bits per heavy atom. The van der Waals surface area contributed by atoms with E-state index in [0.717, 1.165) is 53.2 Å². The molecule has 39 heavy (non-hydrogen) atoms. The van der Waals surface area contributed by atoms with Crippen LogP contribution in [-0.4, -0.2) is 66.5 Å². The Labute approximate surface area is 225 Å². The summed E-state index contributed by atoms with van der Waals surface area (Å²) in [7, 11) is -4.15. The molecule has 0 radical (unpaired) electrons. The van der Waals surface area contributed by atoms with Gasteiger partial charge in [-0.05, 0) is 58.6 Å². The highest BCUT2D eigenvalue weighted by Gasteiger charge is 2.32. The molecule has 214 valence electrons. The van der Waals surface area contributed by atoms with Crippen LogP contribution in [0.5, 0.6) is 5.75 Å². The average Bonchev–Trinajstić information content (AvgIpc) is 2.84. The summed E-state index contributed by atoms with van der Waals surface area (Å²) in [4.78, 5) is 27.3. The van der Waals surface area contributed by atoms with E-state index in [1.165, 1.54) is 6.20 Å². The molecule has 1 aromatic heterocycles. The number of hydrogen-bond acceptors (Lipinski definition) is 8. The monoisotopic (exact) mass is 569 g/mol. The van der Waals surface area contributed by atoms with E-state index in [2.05, 4.69) is 5.10 Å². The highest BCUT2D eigenvalue weighted by atomic mass is 32.2. The highest BCUT2D eigenvalue weighted by molar-refractivity contribution is 7.87. The van der Waals surface area contributed by atoms with Crippen LogP contribution < -0.4 is 19.9 Å². The average molecular weight is 570 g/mol. The number of rotatable bonds is 6. The van der Waals surface area contributed by atoms with Crippen molar-refractivity contribution in [1.29, 1.82) is 0 Å². The standard InChI is InChI=1S/C25H33F2N5O6S/c1-25(2,3)38-24(34)29-39(35,36)31-11-9-30(10-12-31)21-16-28-32(19-14-17(26)13-18(27)15-19)23(33)22(21)37-20-7-5-4-6-8-20/h13-16,20H,4-12H2,1-3H3,(H,29,34). The quantitative estimate of drug-likeness (QED) is 0.563. The predicted molar refractivity (Wildman–Crippen MR) is 139 cm³/mol. The van der Waals surface area contributed by atoms with E-state index in [9.17, 15) is 26.8 Å². The lowest BCUT2D eigenvalue weighted by molar-refractivity contribution is 0.0567. The summed E-state index contributed by atoms with van der Waals surface area (Å²) in [5, 5.41) is 4.14. The van der Waals surface area contributed by atoms with E-state index in [1.54, 1.807) is 25.7 Å². The number of anilines is 1. The van der Waals surface area contributed by atoms with E-state index >= 15 is 0 Å². The Bertz CT molecular complexity index is 1340. The van der Waals surface area contributed by atoms with E-state index < -0.39 is 39.1 Å². The molecule has 1 aliphatic heterocycles. The van der Waals surface area contributed by atoms with E-state index in [4.69, 9.17) is 9.47 Å². The smallest absolute Gasteiger partial charge is 0.422 e. The molecule has 2 aromatic rings. The zero-order chi connectivity index (χ0) is 28.4. The molecule has 1 aromatic carbocycles. The number of amides is 1. The van der Waals surface area contributed by atoms with Crippen LogP contribution in [0.2, 0.25) is 0 Å². The van der Waals surface area contributed by atoms with Crippen LogP contribution >= 0.6 is 0 Å². The van der Waals surface area contributed by atoms with Crippen LogP contribution in [0.25, 0.3) is 5.69 Å². The van der Waals surface area contributed by atoms with Gasteiger partial charge in [-0.2, -0.15) is 22.5 Å². The second-order valence-corrected chi connectivity index (χ2v) is 12.2. The lowest BCUT2D eigenvalue weighted by Crippen LogP contribution is -2.53. The van der Waals surface area contributed by atoms with Crippen molar-refractivity contribution in [2.75, 3.05) is 31.1 Å². The Hall–Kier alpha value is -3.26. The molecule has 1 amide bonds. The number of nitrogens with one attached hydrogen (secondary N) is 1. The number of piperazine rings is 1. The molecule has 0 bridgehead atoms. The van der Waals surface area contributed by atoms with Gasteiger partial charge in [0.05, 0.1) is 18.0 Å². The van der Waals surface area contributed by atoms with Crippen LogP contribution in [0.3, 0.4) is 0 Å². The second-order valence-electron chi connectivity index (χ2n) is 10.6. The summed E-state index contributed by atoms with van der Waals surface area (Å²) in [5.74, 6) is -1.71. The van der Waals surface area contributed by atoms with Gasteiger partial charge >= 0.3 is 21.9 Å². The number of ether oxygens (including phenoxy) is 2. The fraction of sp³-hybridized carbons (Fsp3) is 0.560. The summed E-state index contributed by atoms with van der Waals surface area (Å²) in [5.41, 5.74) is -1.26. The van der Waals surface area contributed by atoms with Crippen molar-refractivity contribution >= 4 is 22.0 Å². The molecule has 1 N–H and O–H groups in total. The molecule has 2 heterocycles. The van der Waals surface area contributed by atoms with Gasteiger partial charge in [-0.1, -0.05) is 6.42 Å². The van der Waals surface area contributed by atoms with Crippen molar-refractivity contribution in [3.05, 3.63) is 46.4 Å². The summed E-state index contributed by atoms with van der Waals surface area (Å²) in [6, 6.07) is 2.71. The Kier molecular flexibility index (Phi) is 8.45. The van der Waals surface area contributed by atoms with Crippen molar-refractivity contribution in [3.8, 4) is 11.4 Å².